The van der Waals surface area contributed by atoms with Crippen LogP contribution in [0.5, 0.6) is 0 Å². The number of aryl methyl sites for hydroxylation is 1. The SMILES string of the molecule is Cc1csc(N2CCN(C(=O)c3ccc[nH]c3=S)CC2)n1. The summed E-state index contributed by atoms with van der Waals surface area (Å²) in [7, 11) is 0. The summed E-state index contributed by atoms with van der Waals surface area (Å²) in [6.07, 6.45) is 1.74. The van der Waals surface area contributed by atoms with Crippen molar-refractivity contribution in [3.05, 3.63) is 39.6 Å². The highest BCUT2D eigenvalue weighted by Crippen LogP contribution is 2.21. The standard InChI is InChI=1S/C14H16N4OS2/c1-10-9-21-14(16-10)18-7-5-17(6-8-18)13(19)11-3-2-4-15-12(11)20/h2-4,9H,5-8H2,1H3,(H,15,20). The quantitative estimate of drug-likeness (QED) is 0.864. The van der Waals surface area contributed by atoms with Gasteiger partial charge in [0.05, 0.1) is 11.3 Å². The molecule has 3 heterocycles. The number of rotatable bonds is 2. The highest BCUT2D eigenvalue weighted by Gasteiger charge is 2.24. The first kappa shape index (κ1) is 14.2. The molecule has 3 rings (SSSR count). The van der Waals surface area contributed by atoms with E-state index in [0.717, 1.165) is 23.9 Å². The normalized spacial score (nSPS) is 15.3. The van der Waals surface area contributed by atoms with E-state index in [1.165, 1.54) is 0 Å². The third kappa shape index (κ3) is 2.98. The second-order valence-electron chi connectivity index (χ2n) is 4.96. The van der Waals surface area contributed by atoms with E-state index in [2.05, 4.69) is 20.2 Å². The Morgan fingerprint density at radius 3 is 2.76 bits per heavy atom. The molecule has 0 bridgehead atoms. The third-order valence-corrected chi connectivity index (χ3v) is 4.85. The van der Waals surface area contributed by atoms with Gasteiger partial charge in [0.15, 0.2) is 5.13 Å². The molecule has 0 spiro atoms. The largest absolute Gasteiger partial charge is 0.352 e. The second-order valence-corrected chi connectivity index (χ2v) is 6.21. The predicted octanol–water partition coefficient (Wildman–Crippen LogP) is 2.47. The Morgan fingerprint density at radius 1 is 1.38 bits per heavy atom. The highest BCUT2D eigenvalue weighted by molar-refractivity contribution is 7.71. The number of carbonyl (C=O) groups excluding carboxylic acids is 1. The first-order valence-corrected chi connectivity index (χ1v) is 8.08. The second kappa shape index (κ2) is 5.95. The Labute approximate surface area is 132 Å². The lowest BCUT2D eigenvalue weighted by molar-refractivity contribution is 0.0745. The fourth-order valence-electron chi connectivity index (χ4n) is 2.35. The molecule has 1 saturated heterocycles. The molecule has 0 atom stereocenters. The van der Waals surface area contributed by atoms with E-state index in [9.17, 15) is 4.79 Å². The highest BCUT2D eigenvalue weighted by atomic mass is 32.1. The lowest BCUT2D eigenvalue weighted by Gasteiger charge is -2.34. The molecule has 0 radical (unpaired) electrons. The van der Waals surface area contributed by atoms with Crippen LogP contribution in [-0.4, -0.2) is 47.0 Å². The summed E-state index contributed by atoms with van der Waals surface area (Å²) >= 11 is 6.83. The molecule has 2 aromatic rings. The monoisotopic (exact) mass is 320 g/mol. The molecule has 5 nitrogen and oxygen atoms in total. The van der Waals surface area contributed by atoms with Crippen LogP contribution in [0.1, 0.15) is 16.1 Å². The number of piperazine rings is 1. The maximum absolute atomic E-state index is 12.5. The fourth-order valence-corrected chi connectivity index (χ4v) is 3.43. The van der Waals surface area contributed by atoms with E-state index < -0.39 is 0 Å². The van der Waals surface area contributed by atoms with Crippen molar-refractivity contribution in [3.8, 4) is 0 Å². The van der Waals surface area contributed by atoms with Crippen LogP contribution in [0.15, 0.2) is 23.7 Å². The number of hydrogen-bond donors (Lipinski definition) is 1. The van der Waals surface area contributed by atoms with Crippen LogP contribution in [0, 0.1) is 11.6 Å². The minimum atomic E-state index is 0.00631. The molecule has 7 heteroatoms. The van der Waals surface area contributed by atoms with Gasteiger partial charge in [-0.25, -0.2) is 4.98 Å². The molecule has 0 unspecified atom stereocenters. The van der Waals surface area contributed by atoms with Crippen LogP contribution in [-0.2, 0) is 0 Å². The van der Waals surface area contributed by atoms with Crippen LogP contribution < -0.4 is 4.90 Å². The van der Waals surface area contributed by atoms with Gasteiger partial charge < -0.3 is 14.8 Å². The van der Waals surface area contributed by atoms with Crippen LogP contribution >= 0.6 is 23.6 Å². The average molecular weight is 320 g/mol. The van der Waals surface area contributed by atoms with Crippen molar-refractivity contribution in [3.63, 3.8) is 0 Å². The number of H-pyrrole nitrogens is 1. The Hall–Kier alpha value is -1.73. The first-order chi connectivity index (χ1) is 10.1. The molecule has 1 aliphatic heterocycles. The van der Waals surface area contributed by atoms with Crippen LogP contribution in [0.3, 0.4) is 0 Å². The van der Waals surface area contributed by atoms with E-state index in [-0.39, 0.29) is 5.91 Å². The molecule has 0 saturated carbocycles. The number of hydrogen-bond acceptors (Lipinski definition) is 5. The molecule has 21 heavy (non-hydrogen) atoms. The Bertz CT molecular complexity index is 701. The summed E-state index contributed by atoms with van der Waals surface area (Å²) in [5.41, 5.74) is 1.62. The fraction of sp³-hybridized carbons (Fsp3) is 0.357. The molecular formula is C14H16N4OS2. The summed E-state index contributed by atoms with van der Waals surface area (Å²) in [6, 6.07) is 3.58. The zero-order valence-corrected chi connectivity index (χ0v) is 13.3. The van der Waals surface area contributed by atoms with Crippen molar-refractivity contribution in [1.82, 2.24) is 14.9 Å². The van der Waals surface area contributed by atoms with Gasteiger partial charge in [-0.2, -0.15) is 0 Å². The zero-order valence-electron chi connectivity index (χ0n) is 11.7. The summed E-state index contributed by atoms with van der Waals surface area (Å²) in [6.45, 7) is 5.00. The number of aromatic nitrogens is 2. The molecule has 1 amide bonds. The Kier molecular flexibility index (Phi) is 4.03. The van der Waals surface area contributed by atoms with Gasteiger partial charge >= 0.3 is 0 Å². The number of anilines is 1. The van der Waals surface area contributed by atoms with Gasteiger partial charge in [-0.1, -0.05) is 12.2 Å². The number of aromatic amines is 1. The van der Waals surface area contributed by atoms with Crippen LogP contribution in [0.2, 0.25) is 0 Å². The van der Waals surface area contributed by atoms with Crippen molar-refractivity contribution >= 4 is 34.6 Å². The van der Waals surface area contributed by atoms with Gasteiger partial charge in [0.1, 0.15) is 4.64 Å². The van der Waals surface area contributed by atoms with E-state index in [0.29, 0.717) is 23.3 Å². The van der Waals surface area contributed by atoms with Gasteiger partial charge in [-0.3, -0.25) is 4.79 Å². The van der Waals surface area contributed by atoms with E-state index in [1.807, 2.05) is 11.8 Å². The maximum atomic E-state index is 12.5. The molecule has 0 aromatic carbocycles. The van der Waals surface area contributed by atoms with Crippen molar-refractivity contribution < 1.29 is 4.79 Å². The van der Waals surface area contributed by atoms with Crippen molar-refractivity contribution in [1.29, 1.82) is 0 Å². The van der Waals surface area contributed by atoms with Gasteiger partial charge in [0.25, 0.3) is 5.91 Å². The Morgan fingerprint density at radius 2 is 2.14 bits per heavy atom. The molecule has 0 aliphatic carbocycles. The van der Waals surface area contributed by atoms with Gasteiger partial charge in [0.2, 0.25) is 0 Å². The summed E-state index contributed by atoms with van der Waals surface area (Å²) in [4.78, 5) is 24.0. The third-order valence-electron chi connectivity index (χ3n) is 3.49. The number of thiazole rings is 1. The minimum absolute atomic E-state index is 0.00631. The molecule has 110 valence electrons. The lowest BCUT2D eigenvalue weighted by Crippen LogP contribution is -2.48. The average Bonchev–Trinajstić information content (AvgIpc) is 2.94. The van der Waals surface area contributed by atoms with Gasteiger partial charge in [-0.05, 0) is 19.1 Å². The molecule has 1 N–H and O–H groups in total. The van der Waals surface area contributed by atoms with E-state index in [1.54, 1.807) is 29.7 Å². The van der Waals surface area contributed by atoms with Gasteiger partial charge in [-0.15, -0.1) is 11.3 Å². The minimum Gasteiger partial charge on any atom is -0.352 e. The number of carbonyl (C=O) groups is 1. The molecule has 1 fully saturated rings. The summed E-state index contributed by atoms with van der Waals surface area (Å²) < 4.78 is 0.500. The van der Waals surface area contributed by atoms with Crippen LogP contribution in [0.4, 0.5) is 5.13 Å². The Balaban J connectivity index is 1.67. The predicted molar refractivity (Wildman–Crippen MR) is 86.6 cm³/mol. The lowest BCUT2D eigenvalue weighted by atomic mass is 10.2. The van der Waals surface area contributed by atoms with Crippen LogP contribution in [0.25, 0.3) is 0 Å². The molecule has 2 aromatic heterocycles. The molecular weight excluding hydrogens is 304 g/mol. The van der Waals surface area contributed by atoms with Gasteiger partial charge in [0, 0.05) is 37.8 Å². The first-order valence-electron chi connectivity index (χ1n) is 6.79. The number of pyridine rings is 1. The number of nitrogens with zero attached hydrogens (tertiary/aromatic N) is 3. The smallest absolute Gasteiger partial charge is 0.256 e. The maximum Gasteiger partial charge on any atom is 0.256 e. The number of amides is 1. The van der Waals surface area contributed by atoms with E-state index >= 15 is 0 Å². The number of nitrogens with one attached hydrogen (secondary N) is 1. The zero-order chi connectivity index (χ0) is 14.8. The topological polar surface area (TPSA) is 52.2 Å². The van der Waals surface area contributed by atoms with E-state index in [4.69, 9.17) is 12.2 Å². The van der Waals surface area contributed by atoms with Crippen molar-refractivity contribution in [2.24, 2.45) is 0 Å². The summed E-state index contributed by atoms with van der Waals surface area (Å²) in [5, 5.41) is 3.09. The summed E-state index contributed by atoms with van der Waals surface area (Å²) in [5.74, 6) is 0.00631. The van der Waals surface area contributed by atoms with Crippen molar-refractivity contribution in [2.45, 2.75) is 6.92 Å². The molecule has 1 aliphatic rings. The van der Waals surface area contributed by atoms with Crippen molar-refractivity contribution in [2.75, 3.05) is 31.1 Å².